The molecule has 1 aliphatic rings. The number of nitrogens with one attached hydrogen (secondary N) is 1. The lowest BCUT2D eigenvalue weighted by atomic mass is 9.90. The first kappa shape index (κ1) is 20.2. The molecule has 3 rings (SSSR count). The van der Waals surface area contributed by atoms with Crippen LogP contribution >= 0.6 is 11.6 Å². The van der Waals surface area contributed by atoms with Crippen LogP contribution in [0.25, 0.3) is 11.0 Å². The first-order valence-corrected chi connectivity index (χ1v) is 9.65. The number of carbonyl (C=O) groups is 2. The molecule has 0 saturated carbocycles. The van der Waals surface area contributed by atoms with E-state index in [4.69, 9.17) is 25.9 Å². The number of carboxylic acids is 1. The van der Waals surface area contributed by atoms with Crippen molar-refractivity contribution in [2.24, 2.45) is 0 Å². The Labute approximate surface area is 166 Å². The maximum atomic E-state index is 12.5. The van der Waals surface area contributed by atoms with Gasteiger partial charge < -0.3 is 19.6 Å². The van der Waals surface area contributed by atoms with E-state index in [2.05, 4.69) is 5.32 Å². The van der Waals surface area contributed by atoms with Gasteiger partial charge in [0, 0.05) is 17.4 Å². The number of ether oxygens (including phenoxy) is 1. The second kappa shape index (κ2) is 8.22. The smallest absolute Gasteiger partial charge is 0.339 e. The Kier molecular flexibility index (Phi) is 5.93. The molecule has 1 amide bonds. The fourth-order valence-corrected chi connectivity index (χ4v) is 3.66. The highest BCUT2D eigenvalue weighted by atomic mass is 35.5. The SMILES string of the molecule is CC(C)Oc1c(Cl)cc2c3c(c(=O)oc2c1NC(=O)CCC(=O)O)CCCC3. The molecule has 0 fully saturated rings. The fourth-order valence-electron chi connectivity index (χ4n) is 3.41. The molecule has 0 saturated heterocycles. The van der Waals surface area contributed by atoms with Gasteiger partial charge in [0.1, 0.15) is 5.69 Å². The summed E-state index contributed by atoms with van der Waals surface area (Å²) in [6.45, 7) is 3.61. The maximum Gasteiger partial charge on any atom is 0.339 e. The molecule has 0 bridgehead atoms. The van der Waals surface area contributed by atoms with Gasteiger partial charge in [-0.25, -0.2) is 4.79 Å². The van der Waals surface area contributed by atoms with Gasteiger partial charge in [0.25, 0.3) is 0 Å². The molecule has 7 nitrogen and oxygen atoms in total. The lowest BCUT2D eigenvalue weighted by molar-refractivity contribution is -0.138. The van der Waals surface area contributed by atoms with E-state index in [-0.39, 0.29) is 41.0 Å². The van der Waals surface area contributed by atoms with Crippen LogP contribution in [0.15, 0.2) is 15.3 Å². The minimum Gasteiger partial charge on any atom is -0.487 e. The first-order valence-electron chi connectivity index (χ1n) is 9.27. The number of carbonyl (C=O) groups excluding carboxylic acids is 1. The second-order valence-corrected chi connectivity index (χ2v) is 7.51. The molecule has 0 spiro atoms. The average molecular weight is 408 g/mol. The summed E-state index contributed by atoms with van der Waals surface area (Å²) in [6.07, 6.45) is 2.47. The zero-order chi connectivity index (χ0) is 20.4. The number of aliphatic carboxylic acids is 1. The molecule has 1 heterocycles. The Morgan fingerprint density at radius 2 is 1.93 bits per heavy atom. The lowest BCUT2D eigenvalue weighted by Gasteiger charge is -2.21. The summed E-state index contributed by atoms with van der Waals surface area (Å²) in [5.41, 5.74) is 1.47. The van der Waals surface area contributed by atoms with Gasteiger partial charge >= 0.3 is 11.6 Å². The highest BCUT2D eigenvalue weighted by molar-refractivity contribution is 6.34. The lowest BCUT2D eigenvalue weighted by Crippen LogP contribution is -2.19. The van der Waals surface area contributed by atoms with Crippen LogP contribution in [0.2, 0.25) is 5.02 Å². The predicted molar refractivity (Wildman–Crippen MR) is 105 cm³/mol. The summed E-state index contributed by atoms with van der Waals surface area (Å²) in [7, 11) is 0. The molecular weight excluding hydrogens is 386 g/mol. The van der Waals surface area contributed by atoms with E-state index in [1.54, 1.807) is 19.9 Å². The van der Waals surface area contributed by atoms with Gasteiger partial charge in [-0.2, -0.15) is 0 Å². The number of rotatable bonds is 6. The molecule has 2 aromatic rings. The van der Waals surface area contributed by atoms with Crippen molar-refractivity contribution in [3.05, 3.63) is 32.6 Å². The summed E-state index contributed by atoms with van der Waals surface area (Å²) in [5, 5.41) is 12.4. The number of carboxylic acid groups (broad SMARTS) is 1. The molecule has 0 aliphatic heterocycles. The Morgan fingerprint density at radius 3 is 2.57 bits per heavy atom. The minimum atomic E-state index is -1.08. The fraction of sp³-hybridized carbons (Fsp3) is 0.450. The Morgan fingerprint density at radius 1 is 1.25 bits per heavy atom. The topological polar surface area (TPSA) is 106 Å². The molecule has 0 radical (unpaired) electrons. The van der Waals surface area contributed by atoms with Crippen molar-refractivity contribution in [1.82, 2.24) is 0 Å². The van der Waals surface area contributed by atoms with Crippen LogP contribution in [0.4, 0.5) is 5.69 Å². The van der Waals surface area contributed by atoms with E-state index in [0.717, 1.165) is 24.8 Å². The summed E-state index contributed by atoms with van der Waals surface area (Å²) >= 11 is 6.46. The van der Waals surface area contributed by atoms with Crippen LogP contribution in [0.5, 0.6) is 5.75 Å². The first-order chi connectivity index (χ1) is 13.3. The molecule has 1 aromatic heterocycles. The van der Waals surface area contributed by atoms with Crippen LogP contribution in [0.3, 0.4) is 0 Å². The van der Waals surface area contributed by atoms with Crippen molar-refractivity contribution in [3.63, 3.8) is 0 Å². The number of fused-ring (bicyclic) bond motifs is 3. The Bertz CT molecular complexity index is 995. The van der Waals surface area contributed by atoms with Crippen LogP contribution in [-0.4, -0.2) is 23.1 Å². The summed E-state index contributed by atoms with van der Waals surface area (Å²) in [5.74, 6) is -1.41. The van der Waals surface area contributed by atoms with Crippen molar-refractivity contribution in [1.29, 1.82) is 0 Å². The van der Waals surface area contributed by atoms with Crippen LogP contribution in [0, 0.1) is 0 Å². The number of halogens is 1. The largest absolute Gasteiger partial charge is 0.487 e. The normalized spacial score (nSPS) is 13.4. The molecule has 0 atom stereocenters. The third kappa shape index (κ3) is 4.14. The molecule has 1 aromatic carbocycles. The highest BCUT2D eigenvalue weighted by Crippen LogP contribution is 2.42. The molecule has 2 N–H and O–H groups in total. The summed E-state index contributed by atoms with van der Waals surface area (Å²) < 4.78 is 11.3. The second-order valence-electron chi connectivity index (χ2n) is 7.10. The molecule has 1 aliphatic carbocycles. The van der Waals surface area contributed by atoms with Crippen LogP contribution < -0.4 is 15.7 Å². The van der Waals surface area contributed by atoms with Gasteiger partial charge in [0.05, 0.1) is 17.5 Å². The minimum absolute atomic E-state index is 0.164. The van der Waals surface area contributed by atoms with Crippen LogP contribution in [0.1, 0.15) is 50.7 Å². The Balaban J connectivity index is 2.18. The van der Waals surface area contributed by atoms with E-state index >= 15 is 0 Å². The Hall–Kier alpha value is -2.54. The van der Waals surface area contributed by atoms with E-state index < -0.39 is 17.5 Å². The number of benzene rings is 1. The van der Waals surface area contributed by atoms with Crippen LogP contribution in [-0.2, 0) is 22.4 Å². The van der Waals surface area contributed by atoms with Gasteiger partial charge in [-0.05, 0) is 51.2 Å². The molecule has 8 heteroatoms. The third-order valence-corrected chi connectivity index (χ3v) is 4.89. The highest BCUT2D eigenvalue weighted by Gasteiger charge is 2.25. The number of amides is 1. The van der Waals surface area contributed by atoms with Gasteiger partial charge in [0.15, 0.2) is 11.3 Å². The molecule has 28 heavy (non-hydrogen) atoms. The van der Waals surface area contributed by atoms with E-state index in [0.29, 0.717) is 17.4 Å². The van der Waals surface area contributed by atoms with Gasteiger partial charge in [-0.3, -0.25) is 9.59 Å². The molecular formula is C20H22ClNO6. The standard InChI is InChI=1S/C20H22ClNO6/c1-10(2)27-19-14(21)9-13-11-5-3-4-6-12(11)20(26)28-18(13)17(19)22-15(23)7-8-16(24)25/h9-10H,3-8H2,1-2H3,(H,22,23)(H,24,25). The predicted octanol–water partition coefficient (Wildman–Crippen LogP) is 3.92. The maximum absolute atomic E-state index is 12.5. The van der Waals surface area contributed by atoms with Gasteiger partial charge in [-0.1, -0.05) is 11.6 Å². The van der Waals surface area contributed by atoms with Crippen molar-refractivity contribution in [2.45, 2.75) is 58.5 Å². The molecule has 0 unspecified atom stereocenters. The molecule has 150 valence electrons. The third-order valence-electron chi connectivity index (χ3n) is 4.60. The summed E-state index contributed by atoms with van der Waals surface area (Å²) in [6, 6.07) is 1.70. The van der Waals surface area contributed by atoms with Crippen molar-refractivity contribution in [3.8, 4) is 5.75 Å². The monoisotopic (exact) mass is 407 g/mol. The van der Waals surface area contributed by atoms with E-state index in [1.807, 2.05) is 0 Å². The van der Waals surface area contributed by atoms with Gasteiger partial charge in [-0.15, -0.1) is 0 Å². The van der Waals surface area contributed by atoms with Crippen molar-refractivity contribution in [2.75, 3.05) is 5.32 Å². The number of aryl methyl sites for hydroxylation is 1. The zero-order valence-corrected chi connectivity index (χ0v) is 16.5. The van der Waals surface area contributed by atoms with Crippen molar-refractivity contribution < 1.29 is 23.8 Å². The number of anilines is 1. The number of hydrogen-bond donors (Lipinski definition) is 2. The quantitative estimate of drug-likeness (QED) is 0.703. The summed E-state index contributed by atoms with van der Waals surface area (Å²) in [4.78, 5) is 35.6. The zero-order valence-electron chi connectivity index (χ0n) is 15.8. The van der Waals surface area contributed by atoms with E-state index in [9.17, 15) is 14.4 Å². The van der Waals surface area contributed by atoms with Gasteiger partial charge in [0.2, 0.25) is 5.91 Å². The van der Waals surface area contributed by atoms with Crippen molar-refractivity contribution >= 4 is 40.1 Å². The average Bonchev–Trinajstić information content (AvgIpc) is 2.64. The number of hydrogen-bond acceptors (Lipinski definition) is 5. The van der Waals surface area contributed by atoms with E-state index in [1.165, 1.54) is 0 Å².